The number of anilines is 2. The Labute approximate surface area is 198 Å². The molecule has 10 heteroatoms. The second-order valence-corrected chi connectivity index (χ2v) is 7.70. The summed E-state index contributed by atoms with van der Waals surface area (Å²) in [5, 5.41) is 3.28. The van der Waals surface area contributed by atoms with Crippen LogP contribution in [0.3, 0.4) is 0 Å². The highest BCUT2D eigenvalue weighted by molar-refractivity contribution is 6.35. The van der Waals surface area contributed by atoms with E-state index in [0.717, 1.165) is 0 Å². The molecule has 176 valence electrons. The second kappa shape index (κ2) is 9.26. The van der Waals surface area contributed by atoms with Crippen LogP contribution in [0.5, 0.6) is 23.1 Å². The first kappa shape index (κ1) is 22.1. The largest absolute Gasteiger partial charge is 0.489 e. The Morgan fingerprint density at radius 3 is 2.74 bits per heavy atom. The van der Waals surface area contributed by atoms with Gasteiger partial charge in [-0.1, -0.05) is 17.7 Å². The Morgan fingerprint density at radius 1 is 1.12 bits per heavy atom. The summed E-state index contributed by atoms with van der Waals surface area (Å²) in [4.78, 5) is 4.63. The quantitative estimate of drug-likeness (QED) is 0.362. The summed E-state index contributed by atoms with van der Waals surface area (Å²) < 4.78 is 51.7. The van der Waals surface area contributed by atoms with E-state index in [2.05, 4.69) is 10.3 Å². The lowest BCUT2D eigenvalue weighted by molar-refractivity contribution is 0.171. The van der Waals surface area contributed by atoms with Crippen LogP contribution < -0.4 is 24.3 Å². The van der Waals surface area contributed by atoms with Gasteiger partial charge in [-0.15, -0.1) is 0 Å². The van der Waals surface area contributed by atoms with Gasteiger partial charge in [0.15, 0.2) is 11.5 Å². The van der Waals surface area contributed by atoms with Crippen LogP contribution in [0.1, 0.15) is 0 Å². The molecule has 0 saturated heterocycles. The lowest BCUT2D eigenvalue weighted by Crippen LogP contribution is -2.15. The number of benzene rings is 2. The molecule has 5 rings (SSSR count). The summed E-state index contributed by atoms with van der Waals surface area (Å²) in [6.45, 7) is 0.0161. The highest BCUT2D eigenvalue weighted by atomic mass is 35.5. The minimum Gasteiger partial charge on any atom is -0.489 e. The maximum absolute atomic E-state index is 15.1. The first-order valence-electron chi connectivity index (χ1n) is 10.5. The average molecular weight is 488 g/mol. The van der Waals surface area contributed by atoms with Crippen LogP contribution in [0.25, 0.3) is 16.9 Å². The number of aromatic nitrogens is 2. The zero-order valence-corrected chi connectivity index (χ0v) is 18.9. The molecular weight excluding hydrogens is 468 g/mol. The van der Waals surface area contributed by atoms with Crippen LogP contribution in [-0.4, -0.2) is 43.0 Å². The third-order valence-corrected chi connectivity index (χ3v) is 5.62. The number of fused-ring (bicyclic) bond motifs is 2. The van der Waals surface area contributed by atoms with Gasteiger partial charge in [-0.05, 0) is 36.4 Å². The summed E-state index contributed by atoms with van der Waals surface area (Å²) in [6.07, 6.45) is 0. The maximum Gasteiger partial charge on any atom is 0.200 e. The van der Waals surface area contributed by atoms with E-state index in [0.29, 0.717) is 47.7 Å². The predicted octanol–water partition coefficient (Wildman–Crippen LogP) is 5.67. The number of nitrogens with zero attached hydrogens (tertiary/aromatic N) is 2. The molecule has 7 nitrogen and oxygen atoms in total. The molecule has 0 atom stereocenters. The number of rotatable bonds is 7. The zero-order valence-electron chi connectivity index (χ0n) is 18.1. The highest BCUT2D eigenvalue weighted by Gasteiger charge is 2.24. The Balaban J connectivity index is 1.69. The van der Waals surface area contributed by atoms with Crippen molar-refractivity contribution in [1.82, 2.24) is 9.38 Å². The number of methoxy groups -OCH3 is 1. The topological polar surface area (TPSA) is 66.2 Å². The fourth-order valence-corrected chi connectivity index (χ4v) is 4.08. The van der Waals surface area contributed by atoms with E-state index < -0.39 is 12.5 Å². The van der Waals surface area contributed by atoms with E-state index in [-0.39, 0.29) is 28.6 Å². The monoisotopic (exact) mass is 487 g/mol. The van der Waals surface area contributed by atoms with Crippen LogP contribution in [0, 0.1) is 5.82 Å². The number of alkyl halides is 1. The van der Waals surface area contributed by atoms with Crippen molar-refractivity contribution >= 4 is 28.8 Å². The molecule has 3 heterocycles. The Hall–Kier alpha value is -3.72. The number of nitrogens with one attached hydrogen (secondary N) is 1. The van der Waals surface area contributed by atoms with Crippen molar-refractivity contribution in [3.05, 3.63) is 59.4 Å². The van der Waals surface area contributed by atoms with Crippen LogP contribution in [-0.2, 0) is 0 Å². The molecule has 2 aromatic heterocycles. The summed E-state index contributed by atoms with van der Waals surface area (Å²) >= 11 is 6.52. The fraction of sp³-hybridized carbons (Fsp3) is 0.208. The van der Waals surface area contributed by atoms with Gasteiger partial charge in [0.2, 0.25) is 5.88 Å². The van der Waals surface area contributed by atoms with Gasteiger partial charge in [0.05, 0.1) is 17.7 Å². The lowest BCUT2D eigenvalue weighted by Gasteiger charge is -2.19. The van der Waals surface area contributed by atoms with Crippen LogP contribution in [0.2, 0.25) is 5.02 Å². The third kappa shape index (κ3) is 3.92. The van der Waals surface area contributed by atoms with Crippen molar-refractivity contribution in [3.8, 4) is 34.4 Å². The standard InChI is InChI=1S/C24H20ClF2N3O4/c1-31-20-4-2-3-19-29-23(21-15(27)6-8-17(22(21)25)32-10-9-26)24(30(19)20)28-14-5-7-16-18(13-14)34-12-11-33-16/h2-8,13,28H,9-12H2,1H3. The van der Waals surface area contributed by atoms with Gasteiger partial charge in [-0.2, -0.15) is 0 Å². The first-order valence-corrected chi connectivity index (χ1v) is 10.9. The zero-order chi connectivity index (χ0) is 23.7. The molecule has 0 aliphatic carbocycles. The van der Waals surface area contributed by atoms with Crippen LogP contribution in [0.15, 0.2) is 48.5 Å². The normalized spacial score (nSPS) is 12.6. The second-order valence-electron chi connectivity index (χ2n) is 7.33. The number of hydrogen-bond acceptors (Lipinski definition) is 6. The first-order chi connectivity index (χ1) is 16.6. The molecular formula is C24H20ClF2N3O4. The van der Waals surface area contributed by atoms with Crippen molar-refractivity contribution in [2.24, 2.45) is 0 Å². The van der Waals surface area contributed by atoms with Gasteiger partial charge in [0.25, 0.3) is 0 Å². The summed E-state index contributed by atoms with van der Waals surface area (Å²) in [6, 6.07) is 13.2. The summed E-state index contributed by atoms with van der Waals surface area (Å²) in [7, 11) is 1.53. The Kier molecular flexibility index (Phi) is 6.02. The van der Waals surface area contributed by atoms with Crippen LogP contribution >= 0.6 is 11.6 Å². The van der Waals surface area contributed by atoms with E-state index in [1.165, 1.54) is 19.2 Å². The molecule has 1 aliphatic heterocycles. The Morgan fingerprint density at radius 2 is 1.94 bits per heavy atom. The molecule has 0 fully saturated rings. The van der Waals surface area contributed by atoms with E-state index in [1.807, 2.05) is 6.07 Å². The molecule has 0 bridgehead atoms. The van der Waals surface area contributed by atoms with Gasteiger partial charge >= 0.3 is 0 Å². The molecule has 1 N–H and O–H groups in total. The smallest absolute Gasteiger partial charge is 0.200 e. The van der Waals surface area contributed by atoms with E-state index in [1.54, 1.807) is 34.7 Å². The molecule has 0 unspecified atom stereocenters. The van der Waals surface area contributed by atoms with Crippen molar-refractivity contribution in [1.29, 1.82) is 0 Å². The molecule has 0 radical (unpaired) electrons. The molecule has 2 aromatic carbocycles. The van der Waals surface area contributed by atoms with Gasteiger partial charge in [-0.25, -0.2) is 18.2 Å². The fourth-order valence-electron chi connectivity index (χ4n) is 3.78. The molecule has 34 heavy (non-hydrogen) atoms. The molecule has 0 spiro atoms. The van der Waals surface area contributed by atoms with E-state index >= 15 is 4.39 Å². The Bertz CT molecular complexity index is 1360. The number of ether oxygens (including phenoxy) is 4. The average Bonchev–Trinajstić information content (AvgIpc) is 3.21. The summed E-state index contributed by atoms with van der Waals surface area (Å²) in [5.41, 5.74) is 1.40. The molecule has 0 amide bonds. The van der Waals surface area contributed by atoms with Crippen molar-refractivity contribution in [2.75, 3.05) is 38.9 Å². The van der Waals surface area contributed by atoms with E-state index in [9.17, 15) is 4.39 Å². The minimum absolute atomic E-state index is 0.0129. The van der Waals surface area contributed by atoms with Gasteiger partial charge in [0, 0.05) is 11.8 Å². The van der Waals surface area contributed by atoms with Gasteiger partial charge in [0.1, 0.15) is 55.2 Å². The molecule has 4 aromatic rings. The van der Waals surface area contributed by atoms with Crippen LogP contribution in [0.4, 0.5) is 20.3 Å². The van der Waals surface area contributed by atoms with Gasteiger partial charge in [-0.3, -0.25) is 0 Å². The van der Waals surface area contributed by atoms with Crippen molar-refractivity contribution in [2.45, 2.75) is 0 Å². The van der Waals surface area contributed by atoms with Crippen molar-refractivity contribution < 1.29 is 27.7 Å². The minimum atomic E-state index is -0.703. The molecule has 0 saturated carbocycles. The van der Waals surface area contributed by atoms with Crippen molar-refractivity contribution in [3.63, 3.8) is 0 Å². The van der Waals surface area contributed by atoms with E-state index in [4.69, 9.17) is 30.5 Å². The lowest BCUT2D eigenvalue weighted by atomic mass is 10.1. The number of imidazole rings is 1. The number of pyridine rings is 1. The SMILES string of the molecule is COc1cccc2nc(-c3c(F)ccc(OCCF)c3Cl)c(Nc3ccc4c(c3)OCCO4)n12. The highest BCUT2D eigenvalue weighted by Crippen LogP contribution is 2.43. The van der Waals surface area contributed by atoms with Gasteiger partial charge < -0.3 is 24.3 Å². The summed E-state index contributed by atoms with van der Waals surface area (Å²) in [5.74, 6) is 1.66. The number of halogens is 3. The number of hydrogen-bond donors (Lipinski definition) is 1. The maximum atomic E-state index is 15.1. The third-order valence-electron chi connectivity index (χ3n) is 5.25. The predicted molar refractivity (Wildman–Crippen MR) is 124 cm³/mol. The molecule has 1 aliphatic rings.